The first kappa shape index (κ1) is 80.1. The fourth-order valence-electron chi connectivity index (χ4n) is 11.1. The van der Waals surface area contributed by atoms with E-state index in [-0.39, 0.29) is 31.1 Å². The number of hydrogen-bond donors (Lipinski definition) is 0. The molecule has 0 aromatic carbocycles. The molecule has 0 N–H and O–H groups in total. The van der Waals surface area contributed by atoms with E-state index in [9.17, 15) is 14.4 Å². The summed E-state index contributed by atoms with van der Waals surface area (Å²) in [6.45, 7) is 6.61. The molecule has 484 valence electrons. The van der Waals surface area contributed by atoms with Crippen LogP contribution in [0.25, 0.3) is 0 Å². The van der Waals surface area contributed by atoms with Crippen LogP contribution >= 0.6 is 0 Å². The molecule has 0 aliphatic heterocycles. The lowest BCUT2D eigenvalue weighted by Gasteiger charge is -2.18. The van der Waals surface area contributed by atoms with Crippen LogP contribution in [-0.2, 0) is 28.6 Å². The molecule has 0 bridgehead atoms. The number of unbranched alkanes of at least 4 members (excludes halogenated alkanes) is 47. The van der Waals surface area contributed by atoms with Gasteiger partial charge >= 0.3 is 17.9 Å². The number of carbonyl (C=O) groups excluding carboxylic acids is 3. The summed E-state index contributed by atoms with van der Waals surface area (Å²) in [5.41, 5.74) is 0. The minimum atomic E-state index is -0.772. The second-order valence-corrected chi connectivity index (χ2v) is 24.8. The van der Waals surface area contributed by atoms with Crippen molar-refractivity contribution in [2.24, 2.45) is 0 Å². The lowest BCUT2D eigenvalue weighted by Crippen LogP contribution is -2.30. The quantitative estimate of drug-likeness (QED) is 0.0261. The molecular weight excluding hydrogens is 1020 g/mol. The molecule has 0 fully saturated rings. The molecule has 83 heavy (non-hydrogen) atoms. The van der Waals surface area contributed by atoms with Gasteiger partial charge in [-0.25, -0.2) is 0 Å². The number of ether oxygens (including phenoxy) is 3. The van der Waals surface area contributed by atoms with E-state index in [0.717, 1.165) is 89.9 Å². The Balaban J connectivity index is 4.26. The predicted molar refractivity (Wildman–Crippen MR) is 362 cm³/mol. The smallest absolute Gasteiger partial charge is 0.306 e. The Labute approximate surface area is 517 Å². The van der Waals surface area contributed by atoms with E-state index in [1.54, 1.807) is 0 Å². The van der Waals surface area contributed by atoms with Crippen molar-refractivity contribution < 1.29 is 28.6 Å². The van der Waals surface area contributed by atoms with Crippen LogP contribution in [0.15, 0.2) is 60.8 Å². The van der Waals surface area contributed by atoms with E-state index >= 15 is 0 Å². The minimum Gasteiger partial charge on any atom is -0.462 e. The molecule has 6 heteroatoms. The molecule has 0 saturated carbocycles. The van der Waals surface area contributed by atoms with Crippen molar-refractivity contribution in [2.75, 3.05) is 13.2 Å². The number of allylic oxidation sites excluding steroid dienone is 10. The van der Waals surface area contributed by atoms with Gasteiger partial charge in [-0.2, -0.15) is 0 Å². The zero-order valence-corrected chi connectivity index (χ0v) is 55.7. The summed E-state index contributed by atoms with van der Waals surface area (Å²) >= 11 is 0. The standard InChI is InChI=1S/C77H140O6/c1-4-7-10-13-16-19-22-25-28-31-33-34-35-36-37-38-39-40-41-42-44-46-49-52-55-58-61-64-67-70-76(79)82-73-74(72-81-75(78)69-66-63-60-57-54-51-48-45-30-27-24-21-18-15-12-9-6-3)83-77(80)71-68-65-62-59-56-53-50-47-43-32-29-26-23-20-17-14-11-8-5-2/h7,10,16,19,25,28,33-34,36-37,74H,4-6,8-9,11-15,17-18,20-24,26-27,29-32,35,38-73H2,1-3H3/b10-7-,19-16-,28-25-,34-33-,37-36-. The van der Waals surface area contributed by atoms with Gasteiger partial charge in [0, 0.05) is 19.3 Å². The van der Waals surface area contributed by atoms with Crippen LogP contribution in [0.3, 0.4) is 0 Å². The maximum Gasteiger partial charge on any atom is 0.306 e. The molecule has 0 saturated heterocycles. The molecule has 0 spiro atoms. The summed E-state index contributed by atoms with van der Waals surface area (Å²) in [7, 11) is 0. The zero-order valence-electron chi connectivity index (χ0n) is 55.7. The molecule has 0 radical (unpaired) electrons. The lowest BCUT2D eigenvalue weighted by atomic mass is 10.0. The summed E-state index contributed by atoms with van der Waals surface area (Å²) in [6, 6.07) is 0. The second kappa shape index (κ2) is 71.6. The highest BCUT2D eigenvalue weighted by atomic mass is 16.6. The van der Waals surface area contributed by atoms with E-state index in [1.807, 2.05) is 0 Å². The Morgan fingerprint density at radius 3 is 0.735 bits per heavy atom. The maximum absolute atomic E-state index is 13.0. The van der Waals surface area contributed by atoms with Crippen LogP contribution in [0.2, 0.25) is 0 Å². The van der Waals surface area contributed by atoms with Crippen molar-refractivity contribution >= 4 is 17.9 Å². The molecule has 0 aliphatic carbocycles. The molecule has 1 unspecified atom stereocenters. The van der Waals surface area contributed by atoms with Crippen molar-refractivity contribution in [1.29, 1.82) is 0 Å². The van der Waals surface area contributed by atoms with Crippen LogP contribution in [0.1, 0.15) is 393 Å². The van der Waals surface area contributed by atoms with Crippen molar-refractivity contribution in [1.82, 2.24) is 0 Å². The van der Waals surface area contributed by atoms with Crippen molar-refractivity contribution in [3.63, 3.8) is 0 Å². The van der Waals surface area contributed by atoms with E-state index in [1.165, 1.54) is 263 Å². The monoisotopic (exact) mass is 1160 g/mol. The largest absolute Gasteiger partial charge is 0.462 e. The molecule has 6 nitrogen and oxygen atoms in total. The van der Waals surface area contributed by atoms with Gasteiger partial charge in [-0.3, -0.25) is 14.4 Å². The lowest BCUT2D eigenvalue weighted by molar-refractivity contribution is -0.167. The molecule has 0 amide bonds. The summed E-state index contributed by atoms with van der Waals surface area (Å²) < 4.78 is 17.0. The summed E-state index contributed by atoms with van der Waals surface area (Å²) in [4.78, 5) is 38.5. The number of carbonyl (C=O) groups is 3. The fraction of sp³-hybridized carbons (Fsp3) is 0.831. The molecule has 0 aromatic heterocycles. The Hall–Kier alpha value is -2.89. The van der Waals surface area contributed by atoms with Crippen molar-refractivity contribution in [3.8, 4) is 0 Å². The Bertz CT molecular complexity index is 1470. The van der Waals surface area contributed by atoms with E-state index in [4.69, 9.17) is 14.2 Å². The van der Waals surface area contributed by atoms with Gasteiger partial charge in [0.2, 0.25) is 0 Å². The molecule has 0 rings (SSSR count). The molecule has 1 atom stereocenters. The normalized spacial score (nSPS) is 12.4. The van der Waals surface area contributed by atoms with Gasteiger partial charge in [0.05, 0.1) is 0 Å². The summed E-state index contributed by atoms with van der Waals surface area (Å²) in [5.74, 6) is -0.837. The third-order valence-corrected chi connectivity index (χ3v) is 16.5. The second-order valence-electron chi connectivity index (χ2n) is 24.8. The van der Waals surface area contributed by atoms with Gasteiger partial charge in [-0.15, -0.1) is 0 Å². The number of hydrogen-bond acceptors (Lipinski definition) is 6. The van der Waals surface area contributed by atoms with Crippen LogP contribution in [0, 0.1) is 0 Å². The van der Waals surface area contributed by atoms with Gasteiger partial charge in [0.25, 0.3) is 0 Å². The van der Waals surface area contributed by atoms with Crippen LogP contribution in [-0.4, -0.2) is 37.2 Å². The molecular formula is C77H140O6. The molecule has 0 aliphatic rings. The molecule has 0 aromatic rings. The first-order valence-corrected chi connectivity index (χ1v) is 36.8. The highest BCUT2D eigenvalue weighted by Crippen LogP contribution is 2.19. The minimum absolute atomic E-state index is 0.0670. The first-order chi connectivity index (χ1) is 41.0. The zero-order chi connectivity index (χ0) is 59.9. The number of esters is 3. The summed E-state index contributed by atoms with van der Waals surface area (Å²) in [6.07, 6.45) is 92.5. The SMILES string of the molecule is CC/C=C\C/C=C\C/C=C\C/C=C\C/C=C\CCCCCCCCCCCCCCCC(=O)OCC(COC(=O)CCCCCCCCCCCCCCCCCCC)OC(=O)CCCCCCCCCCCCCCCCCCCCC. The third kappa shape index (κ3) is 69.8. The highest BCUT2D eigenvalue weighted by Gasteiger charge is 2.19. The molecule has 0 heterocycles. The fourth-order valence-corrected chi connectivity index (χ4v) is 11.1. The highest BCUT2D eigenvalue weighted by molar-refractivity contribution is 5.71. The van der Waals surface area contributed by atoms with Crippen molar-refractivity contribution in [2.45, 2.75) is 399 Å². The van der Waals surface area contributed by atoms with Gasteiger partial charge in [0.15, 0.2) is 6.10 Å². The maximum atomic E-state index is 13.0. The predicted octanol–water partition coefficient (Wildman–Crippen LogP) is 25.5. The van der Waals surface area contributed by atoms with Crippen LogP contribution < -0.4 is 0 Å². The van der Waals surface area contributed by atoms with E-state index < -0.39 is 6.10 Å². The van der Waals surface area contributed by atoms with Gasteiger partial charge in [-0.05, 0) is 64.2 Å². The number of rotatable bonds is 68. The van der Waals surface area contributed by atoms with Crippen LogP contribution in [0.4, 0.5) is 0 Å². The van der Waals surface area contributed by atoms with Gasteiger partial charge in [0.1, 0.15) is 13.2 Å². The summed E-state index contributed by atoms with van der Waals surface area (Å²) in [5, 5.41) is 0. The van der Waals surface area contributed by atoms with Gasteiger partial charge < -0.3 is 14.2 Å². The first-order valence-electron chi connectivity index (χ1n) is 36.8. The van der Waals surface area contributed by atoms with E-state index in [0.29, 0.717) is 19.3 Å². The topological polar surface area (TPSA) is 78.9 Å². The average Bonchev–Trinajstić information content (AvgIpc) is 3.49. The Morgan fingerprint density at radius 1 is 0.253 bits per heavy atom. The third-order valence-electron chi connectivity index (χ3n) is 16.5. The average molecular weight is 1160 g/mol. The Morgan fingerprint density at radius 2 is 0.470 bits per heavy atom. The van der Waals surface area contributed by atoms with E-state index in [2.05, 4.69) is 81.5 Å². The van der Waals surface area contributed by atoms with Crippen LogP contribution in [0.5, 0.6) is 0 Å². The van der Waals surface area contributed by atoms with Gasteiger partial charge in [-0.1, -0.05) is 370 Å². The Kier molecular flexibility index (Phi) is 69.1. The van der Waals surface area contributed by atoms with Crippen molar-refractivity contribution in [3.05, 3.63) is 60.8 Å².